The van der Waals surface area contributed by atoms with Gasteiger partial charge in [0, 0.05) is 18.2 Å². The normalized spacial score (nSPS) is 19.3. The highest BCUT2D eigenvalue weighted by molar-refractivity contribution is 6.76. The van der Waals surface area contributed by atoms with Gasteiger partial charge in [-0.1, -0.05) is 98.9 Å². The summed E-state index contributed by atoms with van der Waals surface area (Å²) in [6.07, 6.45) is 0.679. The number of carbonyl (C=O) groups is 3. The number of amides is 2. The average Bonchev–Trinajstić information content (AvgIpc) is 3.40. The van der Waals surface area contributed by atoms with E-state index in [1.165, 1.54) is 18.2 Å². The molecule has 1 aliphatic rings. The van der Waals surface area contributed by atoms with Crippen molar-refractivity contribution in [2.75, 3.05) is 22.5 Å². The van der Waals surface area contributed by atoms with Crippen LogP contribution in [0.1, 0.15) is 21.8 Å². The molecule has 3 aromatic rings. The highest BCUT2D eigenvalue weighted by Crippen LogP contribution is 2.73. The van der Waals surface area contributed by atoms with E-state index in [1.807, 2.05) is 0 Å². The third-order valence-electron chi connectivity index (χ3n) is 6.43. The number of hydrogen-bond donors (Lipinski definition) is 3. The van der Waals surface area contributed by atoms with E-state index in [-0.39, 0.29) is 33.5 Å². The molecule has 216 valence electrons. The van der Waals surface area contributed by atoms with Crippen LogP contribution >= 0.6 is 92.8 Å². The lowest BCUT2D eigenvalue weighted by Gasteiger charge is -2.17. The second-order valence-corrected chi connectivity index (χ2v) is 13.9. The average molecular weight is 721 g/mol. The van der Waals surface area contributed by atoms with Gasteiger partial charge in [-0.3, -0.25) is 9.59 Å². The number of carbonyl (C=O) groups excluding carboxylic acids is 3. The summed E-state index contributed by atoms with van der Waals surface area (Å²) in [4.78, 5) is 37.5. The summed E-state index contributed by atoms with van der Waals surface area (Å²) in [5, 5.41) is 8.58. The lowest BCUT2D eigenvalue weighted by atomic mass is 10.00. The van der Waals surface area contributed by atoms with Crippen LogP contribution in [0.3, 0.4) is 0 Å². The maximum atomic E-state index is 13.9. The minimum Gasteiger partial charge on any atom is -0.384 e. The number of halogens is 9. The van der Waals surface area contributed by atoms with Crippen LogP contribution in [0.5, 0.6) is 0 Å². The van der Waals surface area contributed by atoms with Crippen LogP contribution in [-0.2, 0) is 9.59 Å². The van der Waals surface area contributed by atoms with Crippen LogP contribution in [0.25, 0.3) is 0 Å². The molecule has 1 fully saturated rings. The van der Waals surface area contributed by atoms with Crippen molar-refractivity contribution < 1.29 is 18.8 Å². The molecule has 4 rings (SSSR count). The molecular formula is C26H16Cl8FN3O3. The first-order valence-electron chi connectivity index (χ1n) is 11.4. The van der Waals surface area contributed by atoms with Crippen molar-refractivity contribution in [3.05, 3.63) is 86.6 Å². The number of aldehydes is 1. The summed E-state index contributed by atoms with van der Waals surface area (Å²) < 4.78 is 10.1. The molecule has 6 nitrogen and oxygen atoms in total. The van der Waals surface area contributed by atoms with Gasteiger partial charge < -0.3 is 20.7 Å². The van der Waals surface area contributed by atoms with Gasteiger partial charge in [0.25, 0.3) is 15.6 Å². The van der Waals surface area contributed by atoms with Gasteiger partial charge in [0.2, 0.25) is 0 Å². The maximum absolute atomic E-state index is 13.9. The zero-order valence-electron chi connectivity index (χ0n) is 20.2. The van der Waals surface area contributed by atoms with Crippen LogP contribution in [0.15, 0.2) is 54.6 Å². The van der Waals surface area contributed by atoms with Crippen molar-refractivity contribution in [2.45, 2.75) is 14.0 Å². The fourth-order valence-electron chi connectivity index (χ4n) is 4.25. The molecule has 2 atom stereocenters. The molecular weight excluding hydrogens is 705 g/mol. The first-order chi connectivity index (χ1) is 19.1. The molecule has 3 N–H and O–H groups in total. The summed E-state index contributed by atoms with van der Waals surface area (Å²) in [5.74, 6) is -3.08. The van der Waals surface area contributed by atoms with E-state index in [0.29, 0.717) is 22.6 Å². The first kappa shape index (κ1) is 32.2. The zero-order valence-corrected chi connectivity index (χ0v) is 26.2. The van der Waals surface area contributed by atoms with Gasteiger partial charge in [-0.25, -0.2) is 4.39 Å². The highest BCUT2D eigenvalue weighted by Gasteiger charge is 2.76. The molecule has 0 heterocycles. The standard InChI is InChI=1S/C26H16Cl8FN3O3/c27-16-5-3-14(36-10-24(11-39)21(25(24,30)31)12-1-4-17(28)18(29)7-12)9-15(16)22(40)37-19-6-2-13(35)8-20(19)38-23(41)26(32,33)34/h1-9,11,21,36H,10H2,(H,37,40)(H,38,41). The van der Waals surface area contributed by atoms with E-state index in [9.17, 15) is 18.8 Å². The Kier molecular flexibility index (Phi) is 9.54. The molecule has 1 aliphatic carbocycles. The number of hydrogen-bond acceptors (Lipinski definition) is 4. The Bertz CT molecular complexity index is 1550. The molecule has 0 spiro atoms. The minimum absolute atomic E-state index is 0.00226. The number of anilines is 3. The lowest BCUT2D eigenvalue weighted by molar-refractivity contribution is -0.115. The predicted octanol–water partition coefficient (Wildman–Crippen LogP) is 8.92. The van der Waals surface area contributed by atoms with E-state index < -0.39 is 37.1 Å². The lowest BCUT2D eigenvalue weighted by Crippen LogP contribution is -2.27. The molecule has 0 saturated heterocycles. The molecule has 1 saturated carbocycles. The van der Waals surface area contributed by atoms with Gasteiger partial charge in [-0.2, -0.15) is 0 Å². The number of rotatable bonds is 8. The Morgan fingerprint density at radius 1 is 0.878 bits per heavy atom. The van der Waals surface area contributed by atoms with Crippen LogP contribution in [0.4, 0.5) is 21.5 Å². The topological polar surface area (TPSA) is 87.3 Å². The van der Waals surface area contributed by atoms with Crippen molar-refractivity contribution >= 4 is 128 Å². The summed E-state index contributed by atoms with van der Waals surface area (Å²) in [6.45, 7) is 0.00226. The number of alkyl halides is 5. The monoisotopic (exact) mass is 717 g/mol. The third kappa shape index (κ3) is 6.63. The molecule has 0 aromatic heterocycles. The summed E-state index contributed by atoms with van der Waals surface area (Å²) >= 11 is 48.3. The quantitative estimate of drug-likeness (QED) is 0.160. The Hall–Kier alpha value is -1.68. The molecule has 3 aromatic carbocycles. The summed E-state index contributed by atoms with van der Waals surface area (Å²) in [5.41, 5.74) is -0.320. The van der Waals surface area contributed by atoms with Crippen molar-refractivity contribution in [1.29, 1.82) is 0 Å². The van der Waals surface area contributed by atoms with Crippen LogP contribution in [-0.4, -0.2) is 32.8 Å². The van der Waals surface area contributed by atoms with Crippen LogP contribution in [0.2, 0.25) is 15.1 Å². The maximum Gasteiger partial charge on any atom is 0.276 e. The summed E-state index contributed by atoms with van der Waals surface area (Å²) in [7, 11) is 0. The molecule has 0 aliphatic heterocycles. The van der Waals surface area contributed by atoms with E-state index in [2.05, 4.69) is 16.0 Å². The molecule has 0 bridgehead atoms. The van der Waals surface area contributed by atoms with Crippen LogP contribution < -0.4 is 16.0 Å². The van der Waals surface area contributed by atoms with E-state index >= 15 is 0 Å². The zero-order chi connectivity index (χ0) is 30.3. The van der Waals surface area contributed by atoms with Crippen molar-refractivity contribution in [2.24, 2.45) is 5.41 Å². The van der Waals surface area contributed by atoms with E-state index in [0.717, 1.165) is 12.1 Å². The van der Waals surface area contributed by atoms with Gasteiger partial charge in [0.15, 0.2) is 0 Å². The fourth-order valence-corrected chi connectivity index (χ4v) is 5.88. The van der Waals surface area contributed by atoms with E-state index in [4.69, 9.17) is 92.8 Å². The fraction of sp³-hybridized carbons (Fsp3) is 0.192. The Balaban J connectivity index is 1.54. The first-order valence-corrected chi connectivity index (χ1v) is 14.4. The molecule has 2 unspecified atom stereocenters. The molecule has 15 heteroatoms. The van der Waals surface area contributed by atoms with Gasteiger partial charge >= 0.3 is 0 Å². The number of benzene rings is 3. The minimum atomic E-state index is -2.33. The largest absolute Gasteiger partial charge is 0.384 e. The SMILES string of the molecule is O=CC1(CNc2ccc(Cl)c(C(=O)Nc3ccc(F)cc3NC(=O)C(Cl)(Cl)Cl)c2)C(c2ccc(Cl)c(Cl)c2)C1(Cl)Cl. The van der Waals surface area contributed by atoms with Crippen molar-refractivity contribution in [3.8, 4) is 0 Å². The van der Waals surface area contributed by atoms with Crippen LogP contribution in [0, 0.1) is 11.2 Å². The summed E-state index contributed by atoms with van der Waals surface area (Å²) in [6, 6.07) is 12.6. The van der Waals surface area contributed by atoms with Gasteiger partial charge in [-0.05, 0) is 54.1 Å². The Morgan fingerprint density at radius 3 is 2.20 bits per heavy atom. The van der Waals surface area contributed by atoms with Gasteiger partial charge in [-0.15, -0.1) is 0 Å². The van der Waals surface area contributed by atoms with Gasteiger partial charge in [0.05, 0.1) is 37.4 Å². The van der Waals surface area contributed by atoms with E-state index in [1.54, 1.807) is 24.3 Å². The van der Waals surface area contributed by atoms with Crippen molar-refractivity contribution in [3.63, 3.8) is 0 Å². The second kappa shape index (κ2) is 12.1. The Labute approximate surface area is 273 Å². The Morgan fingerprint density at radius 2 is 1.56 bits per heavy atom. The predicted molar refractivity (Wildman–Crippen MR) is 165 cm³/mol. The van der Waals surface area contributed by atoms with Gasteiger partial charge in [0.1, 0.15) is 16.4 Å². The smallest absolute Gasteiger partial charge is 0.276 e. The third-order valence-corrected chi connectivity index (χ3v) is 9.16. The second-order valence-electron chi connectivity index (χ2n) is 9.03. The molecule has 2 amide bonds. The highest BCUT2D eigenvalue weighted by atomic mass is 35.6. The molecule has 0 radical (unpaired) electrons. The van der Waals surface area contributed by atoms with Crippen molar-refractivity contribution in [1.82, 2.24) is 0 Å². The molecule has 41 heavy (non-hydrogen) atoms. The number of nitrogens with one attached hydrogen (secondary N) is 3.